The van der Waals surface area contributed by atoms with E-state index in [0.29, 0.717) is 18.9 Å². The SMILES string of the molecule is Cc1ccc(CCC(=O)NC(C)(CNC(=O)OC(C)(C)C)C2CC2)c(C)c1. The topological polar surface area (TPSA) is 67.4 Å². The molecule has 5 nitrogen and oxygen atoms in total. The van der Waals surface area contributed by atoms with Crippen LogP contribution in [0.25, 0.3) is 0 Å². The zero-order chi connectivity index (χ0) is 20.2. The maximum Gasteiger partial charge on any atom is 0.407 e. The van der Waals surface area contributed by atoms with Crippen molar-refractivity contribution >= 4 is 12.0 Å². The molecule has 1 unspecified atom stereocenters. The predicted molar refractivity (Wildman–Crippen MR) is 108 cm³/mol. The van der Waals surface area contributed by atoms with Crippen molar-refractivity contribution in [3.8, 4) is 0 Å². The second kappa shape index (κ2) is 8.32. The Labute approximate surface area is 163 Å². The number of amides is 2. The number of hydrogen-bond acceptors (Lipinski definition) is 3. The first kappa shape index (κ1) is 21.3. The molecule has 5 heteroatoms. The number of nitrogens with one attached hydrogen (secondary N) is 2. The van der Waals surface area contributed by atoms with E-state index < -0.39 is 17.2 Å². The first-order chi connectivity index (χ1) is 12.5. The number of benzene rings is 1. The lowest BCUT2D eigenvalue weighted by Gasteiger charge is -2.32. The van der Waals surface area contributed by atoms with Gasteiger partial charge in [0.2, 0.25) is 5.91 Å². The summed E-state index contributed by atoms with van der Waals surface area (Å²) >= 11 is 0. The van der Waals surface area contributed by atoms with Gasteiger partial charge >= 0.3 is 6.09 Å². The minimum Gasteiger partial charge on any atom is -0.444 e. The Morgan fingerprint density at radius 1 is 1.15 bits per heavy atom. The number of aryl methyl sites for hydroxylation is 3. The Hall–Kier alpha value is -2.04. The van der Waals surface area contributed by atoms with Gasteiger partial charge < -0.3 is 15.4 Å². The lowest BCUT2D eigenvalue weighted by Crippen LogP contribution is -2.55. The van der Waals surface area contributed by atoms with E-state index in [1.807, 2.05) is 27.7 Å². The van der Waals surface area contributed by atoms with Crippen LogP contribution in [0.15, 0.2) is 18.2 Å². The molecule has 0 bridgehead atoms. The van der Waals surface area contributed by atoms with Gasteiger partial charge in [-0.05, 0) is 77.8 Å². The molecule has 1 aromatic rings. The molecule has 2 amide bonds. The van der Waals surface area contributed by atoms with Gasteiger partial charge in [0.15, 0.2) is 0 Å². The molecule has 27 heavy (non-hydrogen) atoms. The minimum atomic E-state index is -0.533. The molecule has 2 N–H and O–H groups in total. The van der Waals surface area contributed by atoms with Gasteiger partial charge in [-0.1, -0.05) is 23.8 Å². The van der Waals surface area contributed by atoms with Crippen LogP contribution in [0.1, 0.15) is 63.6 Å². The molecule has 1 fully saturated rings. The second-order valence-electron chi connectivity index (χ2n) is 9.03. The Balaban J connectivity index is 1.88. The second-order valence-corrected chi connectivity index (χ2v) is 9.03. The third-order valence-corrected chi connectivity index (χ3v) is 5.02. The summed E-state index contributed by atoms with van der Waals surface area (Å²) in [5.74, 6) is 0.424. The van der Waals surface area contributed by atoms with Crippen LogP contribution >= 0.6 is 0 Å². The van der Waals surface area contributed by atoms with Crippen LogP contribution in [-0.2, 0) is 16.0 Å². The Morgan fingerprint density at radius 3 is 2.37 bits per heavy atom. The highest BCUT2D eigenvalue weighted by Crippen LogP contribution is 2.39. The summed E-state index contributed by atoms with van der Waals surface area (Å²) in [6, 6.07) is 6.33. The number of carbonyl (C=O) groups is 2. The molecule has 0 spiro atoms. The van der Waals surface area contributed by atoms with Crippen molar-refractivity contribution in [1.29, 1.82) is 0 Å². The fraction of sp³-hybridized carbons (Fsp3) is 0.636. The van der Waals surface area contributed by atoms with E-state index in [0.717, 1.165) is 19.3 Å². The highest BCUT2D eigenvalue weighted by Gasteiger charge is 2.42. The van der Waals surface area contributed by atoms with E-state index in [1.54, 1.807) is 0 Å². The van der Waals surface area contributed by atoms with E-state index >= 15 is 0 Å². The molecule has 0 saturated heterocycles. The molecule has 0 aromatic heterocycles. The third kappa shape index (κ3) is 6.89. The van der Waals surface area contributed by atoms with Crippen molar-refractivity contribution in [2.45, 2.75) is 78.4 Å². The Morgan fingerprint density at radius 2 is 1.81 bits per heavy atom. The summed E-state index contributed by atoms with van der Waals surface area (Å²) in [7, 11) is 0. The maximum atomic E-state index is 12.6. The van der Waals surface area contributed by atoms with Crippen LogP contribution in [0.2, 0.25) is 0 Å². The molecule has 1 aliphatic carbocycles. The molecule has 1 aliphatic rings. The maximum absolute atomic E-state index is 12.6. The number of carbonyl (C=O) groups excluding carboxylic acids is 2. The van der Waals surface area contributed by atoms with E-state index in [4.69, 9.17) is 4.74 Å². The molecule has 0 radical (unpaired) electrons. The van der Waals surface area contributed by atoms with Crippen LogP contribution in [-0.4, -0.2) is 29.7 Å². The zero-order valence-electron chi connectivity index (χ0n) is 17.6. The molecule has 0 heterocycles. The number of alkyl carbamates (subject to hydrolysis) is 1. The summed E-state index contributed by atoms with van der Waals surface area (Å²) in [6.07, 6.45) is 2.86. The number of ether oxygens (including phenoxy) is 1. The fourth-order valence-corrected chi connectivity index (χ4v) is 3.34. The molecule has 2 rings (SSSR count). The van der Waals surface area contributed by atoms with Crippen molar-refractivity contribution in [2.75, 3.05) is 6.54 Å². The first-order valence-electron chi connectivity index (χ1n) is 9.82. The summed E-state index contributed by atoms with van der Waals surface area (Å²) in [6.45, 7) is 12.0. The highest BCUT2D eigenvalue weighted by molar-refractivity contribution is 5.77. The minimum absolute atomic E-state index is 0.0235. The van der Waals surface area contributed by atoms with Crippen LogP contribution in [0.3, 0.4) is 0 Å². The van der Waals surface area contributed by atoms with Crippen molar-refractivity contribution < 1.29 is 14.3 Å². The zero-order valence-corrected chi connectivity index (χ0v) is 17.6. The molecule has 1 atom stereocenters. The van der Waals surface area contributed by atoms with Gasteiger partial charge in [0.1, 0.15) is 5.60 Å². The first-order valence-corrected chi connectivity index (χ1v) is 9.82. The lowest BCUT2D eigenvalue weighted by atomic mass is 9.94. The quantitative estimate of drug-likeness (QED) is 0.757. The molecule has 1 saturated carbocycles. The Bertz CT molecular complexity index is 689. The van der Waals surface area contributed by atoms with E-state index in [2.05, 4.69) is 42.7 Å². The van der Waals surface area contributed by atoms with Gasteiger partial charge in [-0.15, -0.1) is 0 Å². The van der Waals surface area contributed by atoms with Crippen LogP contribution in [0, 0.1) is 19.8 Å². The monoisotopic (exact) mass is 374 g/mol. The van der Waals surface area contributed by atoms with Crippen molar-refractivity contribution in [3.05, 3.63) is 34.9 Å². The average Bonchev–Trinajstić information content (AvgIpc) is 3.36. The summed E-state index contributed by atoms with van der Waals surface area (Å²) < 4.78 is 5.30. The lowest BCUT2D eigenvalue weighted by molar-refractivity contribution is -0.123. The van der Waals surface area contributed by atoms with Gasteiger partial charge in [-0.3, -0.25) is 4.79 Å². The van der Waals surface area contributed by atoms with Crippen molar-refractivity contribution in [2.24, 2.45) is 5.92 Å². The van der Waals surface area contributed by atoms with E-state index in [1.165, 1.54) is 16.7 Å². The van der Waals surface area contributed by atoms with Crippen molar-refractivity contribution in [3.63, 3.8) is 0 Å². The van der Waals surface area contributed by atoms with Gasteiger partial charge in [0.05, 0.1) is 5.54 Å². The van der Waals surface area contributed by atoms with E-state index in [-0.39, 0.29) is 5.91 Å². The van der Waals surface area contributed by atoms with Crippen LogP contribution < -0.4 is 10.6 Å². The molecular weight excluding hydrogens is 340 g/mol. The van der Waals surface area contributed by atoms with E-state index in [9.17, 15) is 9.59 Å². The normalized spacial score (nSPS) is 16.4. The third-order valence-electron chi connectivity index (χ3n) is 5.02. The largest absolute Gasteiger partial charge is 0.444 e. The smallest absolute Gasteiger partial charge is 0.407 e. The van der Waals surface area contributed by atoms with Gasteiger partial charge in [-0.2, -0.15) is 0 Å². The molecule has 150 valence electrons. The van der Waals surface area contributed by atoms with Gasteiger partial charge in [0.25, 0.3) is 0 Å². The average molecular weight is 375 g/mol. The molecule has 0 aliphatic heterocycles. The molecular formula is C22H34N2O3. The highest BCUT2D eigenvalue weighted by atomic mass is 16.6. The van der Waals surface area contributed by atoms with Gasteiger partial charge in [-0.25, -0.2) is 4.79 Å². The Kier molecular flexibility index (Phi) is 6.55. The molecule has 1 aromatic carbocycles. The summed E-state index contributed by atoms with van der Waals surface area (Å²) in [5, 5.41) is 5.99. The summed E-state index contributed by atoms with van der Waals surface area (Å²) in [4.78, 5) is 24.5. The summed E-state index contributed by atoms with van der Waals surface area (Å²) in [5.41, 5.74) is 2.69. The van der Waals surface area contributed by atoms with Crippen LogP contribution in [0.5, 0.6) is 0 Å². The number of hydrogen-bond donors (Lipinski definition) is 2. The van der Waals surface area contributed by atoms with Gasteiger partial charge in [0, 0.05) is 13.0 Å². The van der Waals surface area contributed by atoms with Crippen LogP contribution in [0.4, 0.5) is 4.79 Å². The number of rotatable bonds is 7. The standard InChI is InChI=1S/C22H34N2O3/c1-15-7-8-17(16(2)13-15)9-12-19(25)24-22(6,18-10-11-18)14-23-20(26)27-21(3,4)5/h7-8,13,18H,9-12,14H2,1-6H3,(H,23,26)(H,24,25). The fourth-order valence-electron chi connectivity index (χ4n) is 3.34. The van der Waals surface area contributed by atoms with Crippen molar-refractivity contribution in [1.82, 2.24) is 10.6 Å². The predicted octanol–water partition coefficient (Wildman–Crippen LogP) is 4.05.